The first-order valence-electron chi connectivity index (χ1n) is 7.34. The van der Waals surface area contributed by atoms with Crippen LogP contribution in [0.1, 0.15) is 23.2 Å². The van der Waals surface area contributed by atoms with E-state index in [1.165, 1.54) is 6.07 Å². The van der Waals surface area contributed by atoms with E-state index in [2.05, 4.69) is 4.98 Å². The molecule has 4 nitrogen and oxygen atoms in total. The van der Waals surface area contributed by atoms with Crippen molar-refractivity contribution in [3.05, 3.63) is 60.2 Å². The molecule has 0 bridgehead atoms. The van der Waals surface area contributed by atoms with Crippen molar-refractivity contribution >= 4 is 5.91 Å². The summed E-state index contributed by atoms with van der Waals surface area (Å²) in [5.41, 5.74) is 0.593. The summed E-state index contributed by atoms with van der Waals surface area (Å²) in [6.07, 6.45) is 4.55. The number of nitrogens with zero attached hydrogens (tertiary/aromatic N) is 2. The van der Waals surface area contributed by atoms with Crippen LogP contribution < -0.4 is 4.74 Å². The van der Waals surface area contributed by atoms with Gasteiger partial charge in [-0.05, 0) is 24.3 Å². The molecule has 0 spiro atoms. The number of likely N-dealkylation sites (tertiary alicyclic amines) is 1. The Balaban J connectivity index is 1.57. The molecule has 0 atom stereocenters. The van der Waals surface area contributed by atoms with E-state index in [0.29, 0.717) is 31.5 Å². The van der Waals surface area contributed by atoms with E-state index in [4.69, 9.17) is 4.74 Å². The molecule has 1 amide bonds. The second-order valence-electron chi connectivity index (χ2n) is 5.28. The van der Waals surface area contributed by atoms with Gasteiger partial charge in [-0.1, -0.05) is 12.1 Å². The number of rotatable bonds is 3. The number of aromatic nitrogens is 1. The Hall–Kier alpha value is -2.43. The Morgan fingerprint density at radius 2 is 1.95 bits per heavy atom. The predicted molar refractivity (Wildman–Crippen MR) is 80.2 cm³/mol. The SMILES string of the molecule is O=C(c1cccnc1)N1CCC(Oc2ccccc2F)CC1. The van der Waals surface area contributed by atoms with E-state index in [1.807, 2.05) is 0 Å². The molecule has 0 radical (unpaired) electrons. The second-order valence-corrected chi connectivity index (χ2v) is 5.28. The van der Waals surface area contributed by atoms with Gasteiger partial charge in [0, 0.05) is 38.3 Å². The van der Waals surface area contributed by atoms with Crippen molar-refractivity contribution in [1.29, 1.82) is 0 Å². The monoisotopic (exact) mass is 300 g/mol. The van der Waals surface area contributed by atoms with Gasteiger partial charge in [-0.3, -0.25) is 9.78 Å². The van der Waals surface area contributed by atoms with Gasteiger partial charge >= 0.3 is 0 Å². The zero-order valence-corrected chi connectivity index (χ0v) is 12.1. The van der Waals surface area contributed by atoms with Gasteiger partial charge in [0.15, 0.2) is 11.6 Å². The van der Waals surface area contributed by atoms with Crippen molar-refractivity contribution in [1.82, 2.24) is 9.88 Å². The number of amides is 1. The molecule has 0 N–H and O–H groups in total. The summed E-state index contributed by atoms with van der Waals surface area (Å²) in [5.74, 6) is -0.0895. The lowest BCUT2D eigenvalue weighted by molar-refractivity contribution is 0.0588. The quantitative estimate of drug-likeness (QED) is 0.875. The third-order valence-electron chi connectivity index (χ3n) is 3.77. The van der Waals surface area contributed by atoms with Crippen LogP contribution >= 0.6 is 0 Å². The minimum Gasteiger partial charge on any atom is -0.487 e. The zero-order valence-electron chi connectivity index (χ0n) is 12.1. The molecule has 1 aromatic heterocycles. The topological polar surface area (TPSA) is 42.4 Å². The average molecular weight is 300 g/mol. The summed E-state index contributed by atoms with van der Waals surface area (Å²) in [6.45, 7) is 1.21. The lowest BCUT2D eigenvalue weighted by Crippen LogP contribution is -2.41. The molecule has 2 aromatic rings. The van der Waals surface area contributed by atoms with E-state index in [-0.39, 0.29) is 23.6 Å². The van der Waals surface area contributed by atoms with E-state index < -0.39 is 0 Å². The Kier molecular flexibility index (Phi) is 4.32. The summed E-state index contributed by atoms with van der Waals surface area (Å²) in [4.78, 5) is 18.1. The molecule has 5 heteroatoms. The smallest absolute Gasteiger partial charge is 0.255 e. The molecule has 1 fully saturated rings. The number of ether oxygens (including phenoxy) is 1. The van der Waals surface area contributed by atoms with E-state index in [1.54, 1.807) is 47.6 Å². The van der Waals surface area contributed by atoms with Gasteiger partial charge in [0.1, 0.15) is 6.10 Å². The van der Waals surface area contributed by atoms with Crippen LogP contribution in [-0.2, 0) is 0 Å². The average Bonchev–Trinajstić information content (AvgIpc) is 2.58. The van der Waals surface area contributed by atoms with Gasteiger partial charge in [-0.25, -0.2) is 4.39 Å². The third kappa shape index (κ3) is 3.24. The molecule has 1 aliphatic heterocycles. The number of benzene rings is 1. The first kappa shape index (κ1) is 14.5. The van der Waals surface area contributed by atoms with Crippen LogP contribution in [0.25, 0.3) is 0 Å². The summed E-state index contributed by atoms with van der Waals surface area (Å²) in [7, 11) is 0. The molecule has 22 heavy (non-hydrogen) atoms. The van der Waals surface area contributed by atoms with Crippen LogP contribution in [0.4, 0.5) is 4.39 Å². The van der Waals surface area contributed by atoms with Gasteiger partial charge in [-0.15, -0.1) is 0 Å². The van der Waals surface area contributed by atoms with Crippen molar-refractivity contribution < 1.29 is 13.9 Å². The lowest BCUT2D eigenvalue weighted by Gasteiger charge is -2.32. The van der Waals surface area contributed by atoms with Gasteiger partial charge in [0.05, 0.1) is 5.56 Å². The Morgan fingerprint density at radius 3 is 2.64 bits per heavy atom. The number of hydrogen-bond donors (Lipinski definition) is 0. The van der Waals surface area contributed by atoms with Crippen molar-refractivity contribution in [2.75, 3.05) is 13.1 Å². The number of para-hydroxylation sites is 1. The summed E-state index contributed by atoms with van der Waals surface area (Å²) >= 11 is 0. The van der Waals surface area contributed by atoms with Crippen LogP contribution in [0.15, 0.2) is 48.8 Å². The number of hydrogen-bond acceptors (Lipinski definition) is 3. The summed E-state index contributed by atoms with van der Waals surface area (Å²) in [6, 6.07) is 9.91. The molecule has 0 saturated carbocycles. The maximum Gasteiger partial charge on any atom is 0.255 e. The van der Waals surface area contributed by atoms with Crippen LogP contribution in [0, 0.1) is 5.82 Å². The fraction of sp³-hybridized carbons (Fsp3) is 0.294. The fourth-order valence-electron chi connectivity index (χ4n) is 2.57. The largest absolute Gasteiger partial charge is 0.487 e. The first-order valence-corrected chi connectivity index (χ1v) is 7.34. The second kappa shape index (κ2) is 6.56. The standard InChI is InChI=1S/C17H17FN2O2/c18-15-5-1-2-6-16(15)22-14-7-10-20(11-8-14)17(21)13-4-3-9-19-12-13/h1-6,9,12,14H,7-8,10-11H2. The zero-order chi connectivity index (χ0) is 15.4. The molecule has 2 heterocycles. The Bertz CT molecular complexity index is 640. The Morgan fingerprint density at radius 1 is 1.18 bits per heavy atom. The maximum atomic E-state index is 13.6. The highest BCUT2D eigenvalue weighted by atomic mass is 19.1. The van der Waals surface area contributed by atoms with Crippen molar-refractivity contribution in [2.45, 2.75) is 18.9 Å². The predicted octanol–water partition coefficient (Wildman–Crippen LogP) is 2.90. The molecule has 0 unspecified atom stereocenters. The third-order valence-corrected chi connectivity index (χ3v) is 3.77. The number of piperidine rings is 1. The molecule has 0 aliphatic carbocycles. The summed E-state index contributed by atoms with van der Waals surface area (Å²) in [5, 5.41) is 0. The van der Waals surface area contributed by atoms with E-state index >= 15 is 0 Å². The summed E-state index contributed by atoms with van der Waals surface area (Å²) < 4.78 is 19.3. The highest BCUT2D eigenvalue weighted by molar-refractivity contribution is 5.93. The molecular formula is C17H17FN2O2. The van der Waals surface area contributed by atoms with E-state index in [9.17, 15) is 9.18 Å². The Labute approximate surface area is 128 Å². The van der Waals surface area contributed by atoms with Crippen LogP contribution in [0.5, 0.6) is 5.75 Å². The minimum absolute atomic E-state index is 0.0163. The molecule has 1 aliphatic rings. The minimum atomic E-state index is -0.351. The maximum absolute atomic E-state index is 13.6. The number of pyridine rings is 1. The van der Waals surface area contributed by atoms with Gasteiger partial charge in [-0.2, -0.15) is 0 Å². The molecule has 1 aromatic carbocycles. The normalized spacial score (nSPS) is 15.6. The highest BCUT2D eigenvalue weighted by Gasteiger charge is 2.25. The molecule has 3 rings (SSSR count). The van der Waals surface area contributed by atoms with Gasteiger partial charge in [0.2, 0.25) is 0 Å². The molecule has 1 saturated heterocycles. The van der Waals surface area contributed by atoms with Crippen molar-refractivity contribution in [2.24, 2.45) is 0 Å². The molecule has 114 valence electrons. The van der Waals surface area contributed by atoms with Crippen LogP contribution in [-0.4, -0.2) is 35.0 Å². The van der Waals surface area contributed by atoms with Crippen molar-refractivity contribution in [3.63, 3.8) is 0 Å². The van der Waals surface area contributed by atoms with E-state index in [0.717, 1.165) is 0 Å². The molecular weight excluding hydrogens is 283 g/mol. The lowest BCUT2D eigenvalue weighted by atomic mass is 10.1. The van der Waals surface area contributed by atoms with Gasteiger partial charge in [0.25, 0.3) is 5.91 Å². The fourth-order valence-corrected chi connectivity index (χ4v) is 2.57. The first-order chi connectivity index (χ1) is 10.7. The van der Waals surface area contributed by atoms with Crippen LogP contribution in [0.2, 0.25) is 0 Å². The number of halogens is 1. The van der Waals surface area contributed by atoms with Crippen LogP contribution in [0.3, 0.4) is 0 Å². The van der Waals surface area contributed by atoms with Crippen molar-refractivity contribution in [3.8, 4) is 5.75 Å². The number of carbonyl (C=O) groups is 1. The van der Waals surface area contributed by atoms with Gasteiger partial charge < -0.3 is 9.64 Å². The highest BCUT2D eigenvalue weighted by Crippen LogP contribution is 2.22. The number of carbonyl (C=O) groups excluding carboxylic acids is 1.